The molecular formula is C66H57N4O2Pt-3. The van der Waals surface area contributed by atoms with Gasteiger partial charge in [-0.1, -0.05) is 177 Å². The van der Waals surface area contributed by atoms with Crippen LogP contribution >= 0.6 is 0 Å². The monoisotopic (exact) mass is 1140 g/mol. The van der Waals surface area contributed by atoms with E-state index in [2.05, 4.69) is 163 Å². The van der Waals surface area contributed by atoms with Gasteiger partial charge in [-0.05, 0) is 107 Å². The van der Waals surface area contributed by atoms with Gasteiger partial charge in [0.15, 0.2) is 0 Å². The molecule has 6 nitrogen and oxygen atoms in total. The number of imidazole rings is 1. The van der Waals surface area contributed by atoms with E-state index in [0.717, 1.165) is 60.6 Å². The summed E-state index contributed by atoms with van der Waals surface area (Å²) < 4.78 is 55.8. The smallest absolute Gasteiger partial charge is 0.135 e. The van der Waals surface area contributed by atoms with Crippen LogP contribution in [-0.4, -0.2) is 18.5 Å². The molecule has 8 aromatic carbocycles. The zero-order valence-corrected chi connectivity index (χ0v) is 44.7. The van der Waals surface area contributed by atoms with Crippen LogP contribution in [0.4, 0.5) is 0 Å². The van der Waals surface area contributed by atoms with Gasteiger partial charge in [-0.25, -0.2) is 4.98 Å². The minimum Gasteiger partial charge on any atom is -0.510 e. The fraction of sp³-hybridized carbons (Fsp3) is 0.182. The molecule has 366 valence electrons. The fourth-order valence-corrected chi connectivity index (χ4v) is 10.1. The molecule has 1 aliphatic heterocycles. The second-order valence-corrected chi connectivity index (χ2v) is 22.0. The second-order valence-electron chi connectivity index (χ2n) is 22.0. The molecule has 14 rings (SSSR count). The summed E-state index contributed by atoms with van der Waals surface area (Å²) >= 11 is 0. The van der Waals surface area contributed by atoms with Crippen molar-refractivity contribution in [1.82, 2.24) is 18.5 Å². The third-order valence-electron chi connectivity index (χ3n) is 13.9. The van der Waals surface area contributed by atoms with Gasteiger partial charge in [0.05, 0.1) is 5.48 Å². The van der Waals surface area contributed by atoms with Crippen molar-refractivity contribution in [2.24, 2.45) is 0 Å². The van der Waals surface area contributed by atoms with Gasteiger partial charge < -0.3 is 22.4 Å². The van der Waals surface area contributed by atoms with Crippen LogP contribution in [0.25, 0.3) is 105 Å². The Hall–Kier alpha value is -7.53. The van der Waals surface area contributed by atoms with Crippen molar-refractivity contribution in [3.05, 3.63) is 211 Å². The van der Waals surface area contributed by atoms with Crippen LogP contribution in [0.2, 0.25) is 0 Å². The number of aromatic nitrogens is 4. The standard InChI is InChI=1S/C66H57N4O2.Pt/c1-64(2,3)44-34-43(35-45(36-44)65(4,5)6)51-23-17-22-50-42-28-30-47(31-29-42)72-61-27-15-11-21-54(61)55-40-67-62(39-56(55)66(7,8)9)70-57-24-12-10-20-52(57)53-33-32-49(38-60(53)70)71-48-19-16-18-46(37-48)68-41-69(63(50)51)59-26-14-13-25-58(59)68;/h10-36,39-41H,1-9H3;/q-3;/i10D,12D,20D,24D;. The van der Waals surface area contributed by atoms with Gasteiger partial charge in [0.25, 0.3) is 0 Å². The molecule has 5 aromatic heterocycles. The number of fused-ring (bicyclic) bond motifs is 5. The molecule has 7 heteroatoms. The maximum atomic E-state index is 9.30. The normalized spacial score (nSPS) is 13.1. The Morgan fingerprint density at radius 3 is 1.97 bits per heavy atom. The molecule has 0 unspecified atom stereocenters. The summed E-state index contributed by atoms with van der Waals surface area (Å²) in [5, 5.41) is 4.74. The fourth-order valence-electron chi connectivity index (χ4n) is 10.1. The van der Waals surface area contributed by atoms with Crippen LogP contribution in [0.3, 0.4) is 0 Å². The minimum atomic E-state index is -0.416. The molecular weight excluding hydrogens is 1080 g/mol. The molecule has 0 saturated heterocycles. The van der Waals surface area contributed by atoms with E-state index >= 15 is 0 Å². The third kappa shape index (κ3) is 8.56. The quantitative estimate of drug-likeness (QED) is 0.154. The Bertz CT molecular complexity index is 4490. The van der Waals surface area contributed by atoms with Gasteiger partial charge >= 0.3 is 0 Å². The van der Waals surface area contributed by atoms with Crippen LogP contribution in [0.15, 0.2) is 191 Å². The van der Waals surface area contributed by atoms with Gasteiger partial charge in [0.2, 0.25) is 0 Å². The molecule has 0 aliphatic carbocycles. The van der Waals surface area contributed by atoms with E-state index in [1.807, 2.05) is 72.9 Å². The summed E-state index contributed by atoms with van der Waals surface area (Å²) in [6.45, 7) is 20.1. The Morgan fingerprint density at radius 2 is 1.23 bits per heavy atom. The number of hydrogen-bond donors (Lipinski definition) is 0. The molecule has 13 aromatic rings. The zero-order valence-electron chi connectivity index (χ0n) is 46.4. The van der Waals surface area contributed by atoms with Crippen LogP contribution in [0, 0.1) is 12.1 Å². The molecule has 6 heterocycles. The van der Waals surface area contributed by atoms with Crippen LogP contribution in [-0.2, 0) is 37.3 Å². The summed E-state index contributed by atoms with van der Waals surface area (Å²) in [6, 6.07) is 56.1. The van der Waals surface area contributed by atoms with E-state index in [1.54, 1.807) is 10.5 Å². The van der Waals surface area contributed by atoms with Crippen molar-refractivity contribution < 1.29 is 35.4 Å². The molecule has 0 atom stereocenters. The number of hydrogen-bond acceptors (Lipinski definition) is 3. The van der Waals surface area contributed by atoms with Gasteiger partial charge in [-0.2, -0.15) is 24.3 Å². The van der Waals surface area contributed by atoms with E-state index in [1.165, 1.54) is 11.1 Å². The Kier molecular flexibility index (Phi) is 10.6. The van der Waals surface area contributed by atoms with Crippen LogP contribution < -0.4 is 0 Å². The zero-order chi connectivity index (χ0) is 53.2. The minimum absolute atomic E-state index is 0. The maximum absolute atomic E-state index is 9.30. The summed E-state index contributed by atoms with van der Waals surface area (Å²) in [5.41, 5.74) is 12.2. The summed E-state index contributed by atoms with van der Waals surface area (Å²) in [7, 11) is 0. The third-order valence-corrected chi connectivity index (χ3v) is 13.9. The van der Waals surface area contributed by atoms with Crippen molar-refractivity contribution >= 4 is 82.4 Å². The van der Waals surface area contributed by atoms with E-state index in [0.29, 0.717) is 49.8 Å². The van der Waals surface area contributed by atoms with Gasteiger partial charge in [-0.15, -0.1) is 29.1 Å². The van der Waals surface area contributed by atoms with Gasteiger partial charge in [0, 0.05) is 61.0 Å². The van der Waals surface area contributed by atoms with E-state index in [9.17, 15) is 1.37 Å². The first-order valence-electron chi connectivity index (χ1n) is 26.6. The first-order valence-corrected chi connectivity index (χ1v) is 24.6. The predicted molar refractivity (Wildman–Crippen MR) is 300 cm³/mol. The van der Waals surface area contributed by atoms with Crippen LogP contribution in [0.5, 0.6) is 0 Å². The first kappa shape index (κ1) is 43.1. The second kappa shape index (κ2) is 17.9. The molecule has 1 aliphatic rings. The van der Waals surface area contributed by atoms with E-state index in [-0.39, 0.29) is 56.1 Å². The van der Waals surface area contributed by atoms with E-state index in [4.69, 9.17) is 17.9 Å². The average molecular weight is 1140 g/mol. The van der Waals surface area contributed by atoms with Crippen molar-refractivity contribution in [2.45, 2.75) is 78.6 Å². The maximum Gasteiger partial charge on any atom is 0.135 e. The predicted octanol–water partition coefficient (Wildman–Crippen LogP) is 17.9. The average Bonchev–Trinajstić information content (AvgIpc) is 3.95. The van der Waals surface area contributed by atoms with Gasteiger partial charge in [-0.3, -0.25) is 0 Å². The summed E-state index contributed by atoms with van der Waals surface area (Å²) in [6.07, 6.45) is 3.99. The largest absolute Gasteiger partial charge is 0.510 e. The number of rotatable bonds is 1. The van der Waals surface area contributed by atoms with E-state index < -0.39 is 5.41 Å². The van der Waals surface area contributed by atoms with Crippen molar-refractivity contribution in [3.63, 3.8) is 0 Å². The number of benzene rings is 8. The SMILES string of the molecule is [2H]c1c([2H])c([2H])c2c(c1[2H])c1ccc3[c-]c1n2c1cc(C(C)(C)C)c(cn1)c1ccccc1oc1ccc(cc1)c1cccc(-c2cc(C(C)(C)C)cc(C(C)(C)C)c2)c1n1[cH-]n(c2[c-]c(ccc2)o3)-c2ccccc2-1.[Pt]. The number of para-hydroxylation sites is 5. The Labute approximate surface area is 446 Å². The summed E-state index contributed by atoms with van der Waals surface area (Å²) in [5.74, 6) is 0. The number of nitrogens with zero attached hydrogens (tertiary/aromatic N) is 4. The number of pyridine rings is 1. The topological polar surface area (TPSA) is 53.4 Å². The van der Waals surface area contributed by atoms with Crippen molar-refractivity contribution in [2.75, 3.05) is 0 Å². The van der Waals surface area contributed by atoms with Crippen molar-refractivity contribution in [3.8, 4) is 22.5 Å². The molecule has 0 N–H and O–H groups in total. The summed E-state index contributed by atoms with van der Waals surface area (Å²) in [4.78, 5) is 5.12. The molecule has 73 heavy (non-hydrogen) atoms. The Balaban J connectivity index is 0.00000631. The molecule has 0 spiro atoms. The van der Waals surface area contributed by atoms with Gasteiger partial charge in [0.1, 0.15) is 16.8 Å². The Morgan fingerprint density at radius 1 is 0.562 bits per heavy atom. The molecule has 0 fully saturated rings. The molecule has 10 bridgehead atoms. The molecule has 0 amide bonds. The van der Waals surface area contributed by atoms with Crippen molar-refractivity contribution in [1.29, 1.82) is 0 Å². The van der Waals surface area contributed by atoms with Crippen LogP contribution in [0.1, 0.15) is 84.5 Å². The molecule has 0 radical (unpaired) electrons. The molecule has 0 saturated carbocycles. The first-order chi connectivity index (χ1) is 36.2.